The third kappa shape index (κ3) is 1.90. The molecule has 6 nitrogen and oxygen atoms in total. The minimum atomic E-state index is -1.39. The van der Waals surface area contributed by atoms with Gasteiger partial charge < -0.3 is 19.7 Å². The first kappa shape index (κ1) is 12.5. The van der Waals surface area contributed by atoms with Crippen molar-refractivity contribution in [2.45, 2.75) is 18.7 Å². The van der Waals surface area contributed by atoms with Gasteiger partial charge in [0.2, 0.25) is 5.91 Å². The van der Waals surface area contributed by atoms with E-state index in [1.54, 1.807) is 0 Å². The molecule has 76 valence electrons. The van der Waals surface area contributed by atoms with Crippen molar-refractivity contribution in [3.8, 4) is 0 Å². The Morgan fingerprint density at radius 1 is 1.73 bits per heavy atom. The topological polar surface area (TPSA) is 89.9 Å². The van der Waals surface area contributed by atoms with Gasteiger partial charge in [0.1, 0.15) is 11.8 Å². The van der Waals surface area contributed by atoms with Gasteiger partial charge >= 0.3 is 29.6 Å². The zero-order valence-corrected chi connectivity index (χ0v) is 10.2. The molecule has 1 amide bonds. The van der Waals surface area contributed by atoms with Gasteiger partial charge in [-0.2, -0.15) is 0 Å². The molecule has 15 heavy (non-hydrogen) atoms. The van der Waals surface area contributed by atoms with Crippen LogP contribution in [0.5, 0.6) is 0 Å². The van der Waals surface area contributed by atoms with E-state index in [1.807, 2.05) is 0 Å². The van der Waals surface area contributed by atoms with E-state index in [0.717, 1.165) is 4.90 Å². The average Bonchev–Trinajstić information content (AvgIpc) is 2.39. The number of carboxylic acid groups (broad SMARTS) is 1. The molecular formula is C8H8NNaO5. The number of hydrogen-bond donors (Lipinski definition) is 1. The maximum Gasteiger partial charge on any atom is 1.00 e. The van der Waals surface area contributed by atoms with E-state index >= 15 is 0 Å². The predicted octanol–water partition coefficient (Wildman–Crippen LogP) is -5.43. The maximum atomic E-state index is 11.0. The summed E-state index contributed by atoms with van der Waals surface area (Å²) < 4.78 is 5.13. The van der Waals surface area contributed by atoms with Crippen LogP contribution in [-0.4, -0.2) is 40.8 Å². The van der Waals surface area contributed by atoms with Gasteiger partial charge in [-0.1, -0.05) is 0 Å². The van der Waals surface area contributed by atoms with E-state index in [9.17, 15) is 14.7 Å². The number of carbonyl (C=O) groups excluding carboxylic acids is 2. The van der Waals surface area contributed by atoms with Crippen LogP contribution in [0.3, 0.4) is 0 Å². The van der Waals surface area contributed by atoms with Crippen LogP contribution in [0.25, 0.3) is 0 Å². The van der Waals surface area contributed by atoms with Gasteiger partial charge in [-0.05, 0) is 6.08 Å². The number of carbonyl (C=O) groups is 2. The second-order valence-electron chi connectivity index (χ2n) is 3.09. The normalized spacial score (nSPS) is 30.3. The second-order valence-corrected chi connectivity index (χ2v) is 3.09. The summed E-state index contributed by atoms with van der Waals surface area (Å²) >= 11 is 0. The fraction of sp³-hybridized carbons (Fsp3) is 0.500. The fourth-order valence-corrected chi connectivity index (χ4v) is 1.65. The number of aliphatic hydroxyl groups is 1. The Kier molecular flexibility index (Phi) is 3.77. The molecule has 2 aliphatic rings. The molecule has 0 aromatic carbocycles. The standard InChI is InChI=1S/C8H9NO5.Na/c10-2-1-4-7(8(12)13)9-5(11)3-6(9)14-4;/h1,6-7,10H,2-3H2,(H,12,13);/q;+1/p-1. The van der Waals surface area contributed by atoms with Crippen LogP contribution in [0.4, 0.5) is 0 Å². The average molecular weight is 221 g/mol. The maximum absolute atomic E-state index is 11.0. The van der Waals surface area contributed by atoms with Crippen LogP contribution < -0.4 is 34.7 Å². The number of amides is 1. The monoisotopic (exact) mass is 221 g/mol. The molecule has 2 rings (SSSR count). The smallest absolute Gasteiger partial charge is 0.547 e. The zero-order valence-electron chi connectivity index (χ0n) is 8.17. The second kappa shape index (κ2) is 4.52. The summed E-state index contributed by atoms with van der Waals surface area (Å²) in [6.45, 7) is -0.326. The number of β-lactam (4-membered cyclic amide) rings is 1. The molecule has 0 radical (unpaired) electrons. The minimum absolute atomic E-state index is 0. The van der Waals surface area contributed by atoms with Gasteiger partial charge in [-0.15, -0.1) is 0 Å². The Bertz CT molecular complexity index is 329. The van der Waals surface area contributed by atoms with Gasteiger partial charge in [0.15, 0.2) is 6.23 Å². The molecule has 0 bridgehead atoms. The molecule has 0 aliphatic carbocycles. The number of aliphatic hydroxyl groups excluding tert-OH is 1. The van der Waals surface area contributed by atoms with Crippen LogP contribution in [-0.2, 0) is 14.3 Å². The van der Waals surface area contributed by atoms with Crippen LogP contribution in [0, 0.1) is 0 Å². The number of hydrogen-bond acceptors (Lipinski definition) is 5. The Labute approximate surface area is 108 Å². The van der Waals surface area contributed by atoms with E-state index in [1.165, 1.54) is 6.08 Å². The van der Waals surface area contributed by atoms with Crippen molar-refractivity contribution in [2.24, 2.45) is 0 Å². The van der Waals surface area contributed by atoms with Crippen molar-refractivity contribution >= 4 is 11.9 Å². The molecule has 0 spiro atoms. The molecule has 2 aliphatic heterocycles. The van der Waals surface area contributed by atoms with Gasteiger partial charge in [0.05, 0.1) is 19.0 Å². The van der Waals surface area contributed by atoms with E-state index in [2.05, 4.69) is 0 Å². The van der Waals surface area contributed by atoms with Crippen molar-refractivity contribution in [3.63, 3.8) is 0 Å². The van der Waals surface area contributed by atoms with Gasteiger partial charge in [0, 0.05) is 0 Å². The molecule has 1 N–H and O–H groups in total. The quantitative estimate of drug-likeness (QED) is 0.371. The molecule has 0 aromatic heterocycles. The third-order valence-corrected chi connectivity index (χ3v) is 2.28. The molecule has 7 heteroatoms. The molecule has 0 saturated carbocycles. The number of rotatable bonds is 2. The Hall–Kier alpha value is -0.560. The number of nitrogens with zero attached hydrogens (tertiary/aromatic N) is 1. The summed E-state index contributed by atoms with van der Waals surface area (Å²) in [5.74, 6) is -1.57. The molecule has 2 fully saturated rings. The molecule has 2 saturated heterocycles. The molecular weight excluding hydrogens is 213 g/mol. The Morgan fingerprint density at radius 2 is 2.40 bits per heavy atom. The Balaban J connectivity index is 0.00000112. The van der Waals surface area contributed by atoms with E-state index in [-0.39, 0.29) is 54.3 Å². The van der Waals surface area contributed by atoms with Crippen molar-refractivity contribution in [3.05, 3.63) is 11.8 Å². The predicted molar refractivity (Wildman–Crippen MR) is 40.3 cm³/mol. The summed E-state index contributed by atoms with van der Waals surface area (Å²) in [5, 5.41) is 19.3. The summed E-state index contributed by atoms with van der Waals surface area (Å²) in [6.07, 6.45) is 0.918. The van der Waals surface area contributed by atoms with Crippen LogP contribution in [0.2, 0.25) is 0 Å². The molecule has 2 heterocycles. The summed E-state index contributed by atoms with van der Waals surface area (Å²) in [4.78, 5) is 22.9. The van der Waals surface area contributed by atoms with Crippen LogP contribution >= 0.6 is 0 Å². The van der Waals surface area contributed by atoms with Crippen molar-refractivity contribution in [1.29, 1.82) is 0 Å². The zero-order chi connectivity index (χ0) is 10.3. The first-order valence-electron chi connectivity index (χ1n) is 4.14. The van der Waals surface area contributed by atoms with Crippen molar-refractivity contribution in [1.82, 2.24) is 4.90 Å². The van der Waals surface area contributed by atoms with Crippen LogP contribution in [0.1, 0.15) is 6.42 Å². The molecule has 2 unspecified atom stereocenters. The molecule has 2 atom stereocenters. The SMILES string of the molecule is O=C([O-])C1C(=CCO)OC2CC(=O)N21.[Na+]. The van der Waals surface area contributed by atoms with E-state index in [4.69, 9.17) is 9.84 Å². The Morgan fingerprint density at radius 3 is 2.87 bits per heavy atom. The summed E-state index contributed by atoms with van der Waals surface area (Å²) in [6, 6.07) is -1.17. The van der Waals surface area contributed by atoms with E-state index in [0.29, 0.717) is 0 Å². The summed E-state index contributed by atoms with van der Waals surface area (Å²) in [5.41, 5.74) is 0. The number of carboxylic acids is 1. The first-order chi connectivity index (χ1) is 6.65. The van der Waals surface area contributed by atoms with Gasteiger partial charge in [-0.25, -0.2) is 0 Å². The number of fused-ring (bicyclic) bond motifs is 1. The van der Waals surface area contributed by atoms with Crippen molar-refractivity contribution in [2.75, 3.05) is 6.61 Å². The fourth-order valence-electron chi connectivity index (χ4n) is 1.65. The number of ether oxygens (including phenoxy) is 1. The first-order valence-corrected chi connectivity index (χ1v) is 4.14. The largest absolute Gasteiger partial charge is 1.00 e. The van der Waals surface area contributed by atoms with Crippen molar-refractivity contribution < 1.29 is 54.1 Å². The molecule has 0 aromatic rings. The summed E-state index contributed by atoms with van der Waals surface area (Å²) in [7, 11) is 0. The minimum Gasteiger partial charge on any atom is -0.547 e. The number of aliphatic carboxylic acids is 1. The van der Waals surface area contributed by atoms with Gasteiger partial charge in [-0.3, -0.25) is 9.69 Å². The van der Waals surface area contributed by atoms with Crippen LogP contribution in [0.15, 0.2) is 11.8 Å². The van der Waals surface area contributed by atoms with Gasteiger partial charge in [0.25, 0.3) is 0 Å². The third-order valence-electron chi connectivity index (χ3n) is 2.28. The van der Waals surface area contributed by atoms with E-state index < -0.39 is 18.2 Å².